The molecule has 0 saturated carbocycles. The fourth-order valence-corrected chi connectivity index (χ4v) is 1.33. The minimum absolute atomic E-state index is 0.146. The molecule has 0 unspecified atom stereocenters. The Labute approximate surface area is 92.3 Å². The zero-order valence-corrected chi connectivity index (χ0v) is 9.07. The molecule has 5 heteroatoms. The van der Waals surface area contributed by atoms with E-state index in [0.717, 1.165) is 0 Å². The zero-order chi connectivity index (χ0) is 11.7. The molecule has 2 N–H and O–H groups in total. The van der Waals surface area contributed by atoms with Crippen LogP contribution in [0, 0.1) is 5.82 Å². The molecule has 0 bridgehead atoms. The van der Waals surface area contributed by atoms with Gasteiger partial charge in [0.2, 0.25) is 11.7 Å². The monoisotopic (exact) mass is 221 g/mol. The molecule has 0 atom stereocenters. The van der Waals surface area contributed by atoms with E-state index in [0.29, 0.717) is 23.0 Å². The third-order valence-corrected chi connectivity index (χ3v) is 2.11. The predicted molar refractivity (Wildman–Crippen MR) is 58.2 cm³/mol. The SMILES string of the molecule is CC(C)c1nc(-c2cc(N)cc(F)c2)no1. The highest BCUT2D eigenvalue weighted by molar-refractivity contribution is 5.60. The van der Waals surface area contributed by atoms with Gasteiger partial charge in [0.25, 0.3) is 0 Å². The number of rotatable bonds is 2. The van der Waals surface area contributed by atoms with Gasteiger partial charge in [-0.1, -0.05) is 19.0 Å². The van der Waals surface area contributed by atoms with Gasteiger partial charge in [-0.15, -0.1) is 0 Å². The van der Waals surface area contributed by atoms with Crippen molar-refractivity contribution in [1.29, 1.82) is 0 Å². The van der Waals surface area contributed by atoms with Crippen molar-refractivity contribution in [3.63, 3.8) is 0 Å². The molecule has 4 nitrogen and oxygen atoms in total. The van der Waals surface area contributed by atoms with E-state index in [1.165, 1.54) is 12.1 Å². The molecule has 16 heavy (non-hydrogen) atoms. The van der Waals surface area contributed by atoms with E-state index >= 15 is 0 Å². The Morgan fingerprint density at radius 1 is 1.31 bits per heavy atom. The second kappa shape index (κ2) is 3.92. The van der Waals surface area contributed by atoms with Gasteiger partial charge in [-0.2, -0.15) is 4.98 Å². The topological polar surface area (TPSA) is 64.9 Å². The number of hydrogen-bond donors (Lipinski definition) is 1. The largest absolute Gasteiger partial charge is 0.399 e. The van der Waals surface area contributed by atoms with Gasteiger partial charge in [0.1, 0.15) is 5.82 Å². The van der Waals surface area contributed by atoms with Crippen LogP contribution < -0.4 is 5.73 Å². The summed E-state index contributed by atoms with van der Waals surface area (Å²) < 4.78 is 18.1. The van der Waals surface area contributed by atoms with E-state index in [9.17, 15) is 4.39 Å². The Hall–Kier alpha value is -1.91. The van der Waals surface area contributed by atoms with E-state index in [2.05, 4.69) is 10.1 Å². The molecule has 0 aliphatic carbocycles. The molecule has 1 heterocycles. The maximum absolute atomic E-state index is 13.1. The molecule has 0 amide bonds. The molecule has 0 fully saturated rings. The summed E-state index contributed by atoms with van der Waals surface area (Å²) in [5.41, 5.74) is 6.40. The average molecular weight is 221 g/mol. The number of aromatic nitrogens is 2. The summed E-state index contributed by atoms with van der Waals surface area (Å²) in [5.74, 6) is 0.616. The summed E-state index contributed by atoms with van der Waals surface area (Å²) in [6, 6.07) is 4.18. The average Bonchev–Trinajstić information content (AvgIpc) is 2.64. The van der Waals surface area contributed by atoms with Crippen LogP contribution in [-0.2, 0) is 0 Å². The first-order valence-corrected chi connectivity index (χ1v) is 4.96. The Morgan fingerprint density at radius 3 is 2.62 bits per heavy atom. The van der Waals surface area contributed by atoms with Crippen molar-refractivity contribution < 1.29 is 8.91 Å². The van der Waals surface area contributed by atoms with Crippen molar-refractivity contribution in [2.45, 2.75) is 19.8 Å². The molecule has 2 aromatic rings. The van der Waals surface area contributed by atoms with E-state index in [-0.39, 0.29) is 5.92 Å². The highest BCUT2D eigenvalue weighted by Crippen LogP contribution is 2.22. The first-order valence-electron chi connectivity index (χ1n) is 4.96. The highest BCUT2D eigenvalue weighted by Gasteiger charge is 2.12. The van der Waals surface area contributed by atoms with E-state index < -0.39 is 5.82 Å². The van der Waals surface area contributed by atoms with Gasteiger partial charge >= 0.3 is 0 Å². The standard InChI is InChI=1S/C11H12FN3O/c1-6(2)11-14-10(15-16-11)7-3-8(12)5-9(13)4-7/h3-6H,13H2,1-2H3. The number of nitrogens with zero attached hydrogens (tertiary/aromatic N) is 2. The summed E-state index contributed by atoms with van der Waals surface area (Å²) in [6.07, 6.45) is 0. The van der Waals surface area contributed by atoms with Crippen LogP contribution in [0.3, 0.4) is 0 Å². The molecule has 84 valence electrons. The molecule has 1 aromatic carbocycles. The van der Waals surface area contributed by atoms with Crippen molar-refractivity contribution in [1.82, 2.24) is 10.1 Å². The van der Waals surface area contributed by atoms with Crippen molar-refractivity contribution in [2.75, 3.05) is 5.73 Å². The molecule has 2 rings (SSSR count). The molecular weight excluding hydrogens is 209 g/mol. The number of anilines is 1. The molecule has 1 aromatic heterocycles. The second-order valence-corrected chi connectivity index (χ2v) is 3.88. The van der Waals surface area contributed by atoms with E-state index in [1.807, 2.05) is 13.8 Å². The molecular formula is C11H12FN3O. The summed E-state index contributed by atoms with van der Waals surface area (Å²) >= 11 is 0. The van der Waals surface area contributed by atoms with Crippen LogP contribution in [0.1, 0.15) is 25.7 Å². The van der Waals surface area contributed by atoms with E-state index in [4.69, 9.17) is 10.3 Å². The van der Waals surface area contributed by atoms with Gasteiger partial charge in [0.05, 0.1) is 0 Å². The molecule has 0 aliphatic heterocycles. The quantitative estimate of drug-likeness (QED) is 0.791. The lowest BCUT2D eigenvalue weighted by atomic mass is 10.2. The lowest BCUT2D eigenvalue weighted by Crippen LogP contribution is -1.90. The first kappa shape index (κ1) is 10.6. The van der Waals surface area contributed by atoms with E-state index in [1.54, 1.807) is 6.07 Å². The van der Waals surface area contributed by atoms with Gasteiger partial charge in [-0.05, 0) is 18.2 Å². The third kappa shape index (κ3) is 2.03. The van der Waals surface area contributed by atoms with Crippen molar-refractivity contribution in [3.05, 3.63) is 29.9 Å². The van der Waals surface area contributed by atoms with Gasteiger partial charge in [0, 0.05) is 17.2 Å². The van der Waals surface area contributed by atoms with Crippen LogP contribution in [-0.4, -0.2) is 10.1 Å². The lowest BCUT2D eigenvalue weighted by molar-refractivity contribution is 0.365. The summed E-state index contributed by atoms with van der Waals surface area (Å²) in [7, 11) is 0. The Morgan fingerprint density at radius 2 is 2.06 bits per heavy atom. The van der Waals surface area contributed by atoms with Crippen molar-refractivity contribution in [2.24, 2.45) is 0 Å². The number of nitrogens with two attached hydrogens (primary N) is 1. The fourth-order valence-electron chi connectivity index (χ4n) is 1.33. The van der Waals surface area contributed by atoms with Crippen LogP contribution >= 0.6 is 0 Å². The molecule has 0 saturated heterocycles. The zero-order valence-electron chi connectivity index (χ0n) is 9.07. The predicted octanol–water partition coefficient (Wildman–Crippen LogP) is 2.58. The molecule has 0 aliphatic rings. The van der Waals surface area contributed by atoms with Gasteiger partial charge in [-0.3, -0.25) is 0 Å². The van der Waals surface area contributed by atoms with Crippen LogP contribution in [0.2, 0.25) is 0 Å². The lowest BCUT2D eigenvalue weighted by Gasteiger charge is -1.97. The van der Waals surface area contributed by atoms with Gasteiger partial charge in [0.15, 0.2) is 0 Å². The summed E-state index contributed by atoms with van der Waals surface area (Å²) in [5, 5.41) is 3.78. The maximum Gasteiger partial charge on any atom is 0.229 e. The third-order valence-electron chi connectivity index (χ3n) is 2.11. The Balaban J connectivity index is 2.42. The van der Waals surface area contributed by atoms with Crippen molar-refractivity contribution in [3.8, 4) is 11.4 Å². The molecule has 0 spiro atoms. The highest BCUT2D eigenvalue weighted by atomic mass is 19.1. The van der Waals surface area contributed by atoms with Crippen LogP contribution in [0.4, 0.5) is 10.1 Å². The van der Waals surface area contributed by atoms with Crippen LogP contribution in [0.15, 0.2) is 22.7 Å². The fraction of sp³-hybridized carbons (Fsp3) is 0.273. The Bertz CT molecular complexity index is 487. The van der Waals surface area contributed by atoms with Crippen LogP contribution in [0.25, 0.3) is 11.4 Å². The van der Waals surface area contributed by atoms with Gasteiger partial charge < -0.3 is 10.3 Å². The minimum Gasteiger partial charge on any atom is -0.399 e. The number of nitrogen functional groups attached to an aromatic ring is 1. The summed E-state index contributed by atoms with van der Waals surface area (Å²) in [4.78, 5) is 4.16. The first-order chi connectivity index (χ1) is 7.56. The Kier molecular flexibility index (Phi) is 2.60. The number of benzene rings is 1. The molecule has 0 radical (unpaired) electrons. The second-order valence-electron chi connectivity index (χ2n) is 3.88. The maximum atomic E-state index is 13.1. The normalized spacial score (nSPS) is 11.0. The number of hydrogen-bond acceptors (Lipinski definition) is 4. The van der Waals surface area contributed by atoms with Crippen molar-refractivity contribution >= 4 is 5.69 Å². The van der Waals surface area contributed by atoms with Crippen LogP contribution in [0.5, 0.6) is 0 Å². The van der Waals surface area contributed by atoms with Gasteiger partial charge in [-0.25, -0.2) is 4.39 Å². The number of halogens is 1. The summed E-state index contributed by atoms with van der Waals surface area (Å²) in [6.45, 7) is 3.88. The minimum atomic E-state index is -0.411. The smallest absolute Gasteiger partial charge is 0.229 e.